The summed E-state index contributed by atoms with van der Waals surface area (Å²) in [4.78, 5) is 13.8. The minimum absolute atomic E-state index is 0.0770. The fourth-order valence-corrected chi connectivity index (χ4v) is 2.19. The number of hydrogen-bond acceptors (Lipinski definition) is 2. The van der Waals surface area contributed by atoms with Crippen molar-refractivity contribution in [2.45, 2.75) is 25.7 Å². The van der Waals surface area contributed by atoms with Crippen LogP contribution in [0.3, 0.4) is 0 Å². The number of carboxylic acid groups (broad SMARTS) is 1. The Morgan fingerprint density at radius 1 is 1.65 bits per heavy atom. The molecular formula is C13H20N2O2. The van der Waals surface area contributed by atoms with Crippen molar-refractivity contribution in [3.63, 3.8) is 0 Å². The van der Waals surface area contributed by atoms with Gasteiger partial charge in [0.1, 0.15) is 0 Å². The number of carboxylic acids is 1. The van der Waals surface area contributed by atoms with Gasteiger partial charge in [-0.25, -0.2) is 0 Å². The van der Waals surface area contributed by atoms with Crippen molar-refractivity contribution in [2.75, 3.05) is 13.1 Å². The molecule has 0 aliphatic heterocycles. The predicted molar refractivity (Wildman–Crippen MR) is 65.9 cm³/mol. The van der Waals surface area contributed by atoms with Crippen molar-refractivity contribution >= 4 is 5.97 Å². The number of H-pyrrole nitrogens is 1. The smallest absolute Gasteiger partial charge is 0.306 e. The highest BCUT2D eigenvalue weighted by Crippen LogP contribution is 2.38. The molecule has 0 radical (unpaired) electrons. The molecule has 1 aliphatic rings. The highest BCUT2D eigenvalue weighted by molar-refractivity contribution is 5.73. The number of rotatable bonds is 6. The summed E-state index contributed by atoms with van der Waals surface area (Å²) in [7, 11) is 0. The van der Waals surface area contributed by atoms with E-state index in [2.05, 4.69) is 30.2 Å². The zero-order chi connectivity index (χ0) is 12.5. The summed E-state index contributed by atoms with van der Waals surface area (Å²) in [6.45, 7) is 6.05. The maximum absolute atomic E-state index is 10.7. The van der Waals surface area contributed by atoms with Crippen LogP contribution >= 0.6 is 0 Å². The van der Waals surface area contributed by atoms with E-state index in [0.29, 0.717) is 5.92 Å². The molecule has 1 aromatic heterocycles. The highest BCUT2D eigenvalue weighted by Gasteiger charge is 2.42. The molecule has 17 heavy (non-hydrogen) atoms. The summed E-state index contributed by atoms with van der Waals surface area (Å²) in [6, 6.07) is 2.08. The number of aromatic nitrogens is 1. The standard InChI is InChI=1S/C13H20N2O2/c1-13(2,10-3-4-14-7-10)8-15-6-9-5-11(9)12(16)17/h3-4,7,9,11,14-15H,5-6,8H2,1-2H3,(H,16,17). The molecular weight excluding hydrogens is 216 g/mol. The Labute approximate surface area is 101 Å². The van der Waals surface area contributed by atoms with Crippen molar-refractivity contribution in [1.29, 1.82) is 0 Å². The van der Waals surface area contributed by atoms with E-state index in [-0.39, 0.29) is 11.3 Å². The van der Waals surface area contributed by atoms with E-state index < -0.39 is 5.97 Å². The fraction of sp³-hybridized carbons (Fsp3) is 0.615. The van der Waals surface area contributed by atoms with Gasteiger partial charge in [-0.15, -0.1) is 0 Å². The van der Waals surface area contributed by atoms with E-state index in [0.717, 1.165) is 19.5 Å². The first-order chi connectivity index (χ1) is 8.00. The number of carbonyl (C=O) groups is 1. The zero-order valence-corrected chi connectivity index (χ0v) is 10.4. The van der Waals surface area contributed by atoms with Crippen molar-refractivity contribution in [3.05, 3.63) is 24.0 Å². The zero-order valence-electron chi connectivity index (χ0n) is 10.4. The average molecular weight is 236 g/mol. The van der Waals surface area contributed by atoms with Gasteiger partial charge in [0.15, 0.2) is 0 Å². The normalized spacial score (nSPS) is 23.6. The third-order valence-corrected chi connectivity index (χ3v) is 3.59. The molecule has 3 N–H and O–H groups in total. The van der Waals surface area contributed by atoms with Crippen molar-refractivity contribution in [1.82, 2.24) is 10.3 Å². The topological polar surface area (TPSA) is 65.1 Å². The van der Waals surface area contributed by atoms with E-state index in [1.165, 1.54) is 5.56 Å². The molecule has 1 fully saturated rings. The summed E-state index contributed by atoms with van der Waals surface area (Å²) >= 11 is 0. The number of aromatic amines is 1. The van der Waals surface area contributed by atoms with E-state index in [9.17, 15) is 4.79 Å². The van der Waals surface area contributed by atoms with Gasteiger partial charge in [0.05, 0.1) is 5.92 Å². The van der Waals surface area contributed by atoms with E-state index >= 15 is 0 Å². The third kappa shape index (κ3) is 2.88. The third-order valence-electron chi connectivity index (χ3n) is 3.59. The first kappa shape index (κ1) is 12.2. The molecule has 0 saturated heterocycles. The fourth-order valence-electron chi connectivity index (χ4n) is 2.19. The van der Waals surface area contributed by atoms with Gasteiger partial charge < -0.3 is 15.4 Å². The van der Waals surface area contributed by atoms with Crippen LogP contribution < -0.4 is 5.32 Å². The molecule has 2 unspecified atom stereocenters. The molecule has 0 spiro atoms. The van der Waals surface area contributed by atoms with Crippen LogP contribution in [0.25, 0.3) is 0 Å². The monoisotopic (exact) mass is 236 g/mol. The lowest BCUT2D eigenvalue weighted by Crippen LogP contribution is -2.34. The Balaban J connectivity index is 1.74. The van der Waals surface area contributed by atoms with Crippen LogP contribution in [0.15, 0.2) is 18.5 Å². The quantitative estimate of drug-likeness (QED) is 0.703. The lowest BCUT2D eigenvalue weighted by molar-refractivity contribution is -0.138. The molecule has 4 heteroatoms. The SMILES string of the molecule is CC(C)(CNCC1CC1C(=O)O)c1cc[nH]c1. The first-order valence-corrected chi connectivity index (χ1v) is 6.07. The van der Waals surface area contributed by atoms with Gasteiger partial charge in [0, 0.05) is 24.4 Å². The molecule has 1 aromatic rings. The van der Waals surface area contributed by atoms with Gasteiger partial charge in [-0.2, -0.15) is 0 Å². The van der Waals surface area contributed by atoms with Gasteiger partial charge >= 0.3 is 5.97 Å². The molecule has 0 aromatic carbocycles. The summed E-state index contributed by atoms with van der Waals surface area (Å²) in [5.41, 5.74) is 1.35. The number of aliphatic carboxylic acids is 1. The van der Waals surface area contributed by atoms with Crippen LogP contribution in [0.2, 0.25) is 0 Å². The van der Waals surface area contributed by atoms with E-state index in [1.807, 2.05) is 12.4 Å². The Hall–Kier alpha value is -1.29. The Bertz CT molecular complexity index is 384. The number of hydrogen-bond donors (Lipinski definition) is 3. The molecule has 94 valence electrons. The summed E-state index contributed by atoms with van der Waals surface area (Å²) in [5, 5.41) is 12.2. The first-order valence-electron chi connectivity index (χ1n) is 6.07. The van der Waals surface area contributed by atoms with Crippen LogP contribution in [0.4, 0.5) is 0 Å². The van der Waals surface area contributed by atoms with Gasteiger partial charge in [-0.1, -0.05) is 13.8 Å². The molecule has 2 rings (SSSR count). The van der Waals surface area contributed by atoms with E-state index in [1.54, 1.807) is 0 Å². The maximum Gasteiger partial charge on any atom is 0.306 e. The van der Waals surface area contributed by atoms with Gasteiger partial charge in [-0.3, -0.25) is 4.79 Å². The minimum atomic E-state index is -0.651. The van der Waals surface area contributed by atoms with Crippen molar-refractivity contribution < 1.29 is 9.90 Å². The average Bonchev–Trinajstić information content (AvgIpc) is 2.81. The molecule has 1 saturated carbocycles. The van der Waals surface area contributed by atoms with Gasteiger partial charge in [0.25, 0.3) is 0 Å². The van der Waals surface area contributed by atoms with Crippen LogP contribution in [-0.4, -0.2) is 29.1 Å². The van der Waals surface area contributed by atoms with Crippen LogP contribution in [0.5, 0.6) is 0 Å². The summed E-state index contributed by atoms with van der Waals surface area (Å²) in [5.74, 6) is -0.436. The predicted octanol–water partition coefficient (Wildman–Crippen LogP) is 1.60. The maximum atomic E-state index is 10.7. The van der Waals surface area contributed by atoms with Gasteiger partial charge in [0.2, 0.25) is 0 Å². The Kier molecular flexibility index (Phi) is 3.24. The molecule has 0 bridgehead atoms. The lowest BCUT2D eigenvalue weighted by atomic mass is 9.86. The Morgan fingerprint density at radius 2 is 2.41 bits per heavy atom. The minimum Gasteiger partial charge on any atom is -0.481 e. The lowest BCUT2D eigenvalue weighted by Gasteiger charge is -2.24. The Morgan fingerprint density at radius 3 is 2.94 bits per heavy atom. The number of nitrogens with one attached hydrogen (secondary N) is 2. The molecule has 2 atom stereocenters. The second-order valence-corrected chi connectivity index (χ2v) is 5.55. The van der Waals surface area contributed by atoms with Crippen molar-refractivity contribution in [3.8, 4) is 0 Å². The van der Waals surface area contributed by atoms with Gasteiger partial charge in [-0.05, 0) is 30.5 Å². The van der Waals surface area contributed by atoms with Crippen molar-refractivity contribution in [2.24, 2.45) is 11.8 Å². The molecule has 0 amide bonds. The van der Waals surface area contributed by atoms with Crippen LogP contribution in [0.1, 0.15) is 25.8 Å². The summed E-state index contributed by atoms with van der Waals surface area (Å²) in [6.07, 6.45) is 4.77. The summed E-state index contributed by atoms with van der Waals surface area (Å²) < 4.78 is 0. The van der Waals surface area contributed by atoms with Crippen LogP contribution in [-0.2, 0) is 10.2 Å². The molecule has 1 aliphatic carbocycles. The molecule has 1 heterocycles. The second kappa shape index (κ2) is 4.53. The second-order valence-electron chi connectivity index (χ2n) is 5.55. The molecule has 4 nitrogen and oxygen atoms in total. The largest absolute Gasteiger partial charge is 0.481 e. The van der Waals surface area contributed by atoms with Crippen LogP contribution in [0, 0.1) is 11.8 Å². The van der Waals surface area contributed by atoms with E-state index in [4.69, 9.17) is 5.11 Å². The highest BCUT2D eigenvalue weighted by atomic mass is 16.4.